The Morgan fingerprint density at radius 3 is 1.79 bits per heavy atom. The minimum atomic E-state index is -2.86. The minimum Gasteiger partial charge on any atom is -0.458 e. The predicted octanol–water partition coefficient (Wildman–Crippen LogP) is 3.56. The van der Waals surface area contributed by atoms with Crippen molar-refractivity contribution in [2.75, 3.05) is 0 Å². The van der Waals surface area contributed by atoms with Gasteiger partial charge in [-0.3, -0.25) is 9.59 Å². The fourth-order valence-electron chi connectivity index (χ4n) is 4.65. The van der Waals surface area contributed by atoms with E-state index < -0.39 is 44.9 Å². The molecule has 7 heteroatoms. The molecule has 0 amide bonds. The molecule has 4 atom stereocenters. The highest BCUT2D eigenvalue weighted by Crippen LogP contribution is 2.39. The van der Waals surface area contributed by atoms with E-state index in [1.807, 2.05) is 43.3 Å². The van der Waals surface area contributed by atoms with E-state index in [0.29, 0.717) is 0 Å². The Hall–Kier alpha value is -2.48. The van der Waals surface area contributed by atoms with Gasteiger partial charge in [0.15, 0.2) is 12.4 Å². The number of esters is 2. The zero-order chi connectivity index (χ0) is 24.2. The topological polar surface area (TPSA) is 71.1 Å². The summed E-state index contributed by atoms with van der Waals surface area (Å²) in [5.41, 5.74) is 0. The van der Waals surface area contributed by atoms with E-state index in [-0.39, 0.29) is 11.5 Å². The van der Waals surface area contributed by atoms with Crippen molar-refractivity contribution < 1.29 is 28.2 Å². The van der Waals surface area contributed by atoms with Crippen LogP contribution in [-0.2, 0) is 28.2 Å². The second-order valence-corrected chi connectivity index (χ2v) is 13.8. The molecule has 178 valence electrons. The average molecular weight is 471 g/mol. The Labute approximate surface area is 197 Å². The van der Waals surface area contributed by atoms with Crippen LogP contribution in [0.2, 0.25) is 5.04 Å². The first-order chi connectivity index (χ1) is 15.5. The van der Waals surface area contributed by atoms with Gasteiger partial charge < -0.3 is 18.6 Å². The van der Waals surface area contributed by atoms with E-state index in [1.54, 1.807) is 0 Å². The Kier molecular flexibility index (Phi) is 7.77. The lowest BCUT2D eigenvalue weighted by Crippen LogP contribution is -2.69. The third-order valence-electron chi connectivity index (χ3n) is 5.96. The molecule has 1 heterocycles. The molecule has 1 aliphatic heterocycles. The first-order valence-electron chi connectivity index (χ1n) is 11.3. The predicted molar refractivity (Wildman–Crippen MR) is 129 cm³/mol. The van der Waals surface area contributed by atoms with Gasteiger partial charge in [-0.1, -0.05) is 81.4 Å². The van der Waals surface area contributed by atoms with Crippen molar-refractivity contribution >= 4 is 30.6 Å². The summed E-state index contributed by atoms with van der Waals surface area (Å²) in [6.45, 7) is 11.1. The van der Waals surface area contributed by atoms with E-state index in [2.05, 4.69) is 45.0 Å². The van der Waals surface area contributed by atoms with Crippen molar-refractivity contribution in [3.05, 3.63) is 60.7 Å². The molecular formula is C26H34O6Si. The Bertz CT molecular complexity index is 901. The molecule has 0 unspecified atom stereocenters. The van der Waals surface area contributed by atoms with Gasteiger partial charge in [0.2, 0.25) is 0 Å². The maximum atomic E-state index is 11.8. The summed E-state index contributed by atoms with van der Waals surface area (Å²) in [5.74, 6) is -0.880. The Morgan fingerprint density at radius 1 is 0.879 bits per heavy atom. The number of hydrogen-bond acceptors (Lipinski definition) is 6. The number of benzene rings is 2. The highest BCUT2D eigenvalue weighted by Gasteiger charge is 2.53. The van der Waals surface area contributed by atoms with Crippen LogP contribution in [0.15, 0.2) is 60.7 Å². The number of hydrogen-bond donors (Lipinski definition) is 0. The summed E-state index contributed by atoms with van der Waals surface area (Å²) in [6, 6.07) is 20.5. The molecule has 6 nitrogen and oxygen atoms in total. The largest absolute Gasteiger partial charge is 0.458 e. The molecule has 1 fully saturated rings. The lowest BCUT2D eigenvalue weighted by molar-refractivity contribution is -0.236. The van der Waals surface area contributed by atoms with E-state index in [1.165, 1.54) is 13.8 Å². The van der Waals surface area contributed by atoms with Crippen LogP contribution in [0.25, 0.3) is 0 Å². The van der Waals surface area contributed by atoms with Crippen LogP contribution < -0.4 is 10.4 Å². The third kappa shape index (κ3) is 5.54. The molecule has 2 aromatic carbocycles. The maximum Gasteiger partial charge on any atom is 0.303 e. The normalized spacial score (nSPS) is 23.6. The number of carbonyl (C=O) groups excluding carboxylic acids is 2. The zero-order valence-electron chi connectivity index (χ0n) is 20.2. The second-order valence-electron chi connectivity index (χ2n) is 9.51. The second kappa shape index (κ2) is 10.2. The molecule has 2 aromatic rings. The minimum absolute atomic E-state index is 0.230. The molecule has 1 saturated heterocycles. The summed E-state index contributed by atoms with van der Waals surface area (Å²) in [5, 5.41) is 2.03. The van der Waals surface area contributed by atoms with E-state index in [4.69, 9.17) is 18.6 Å². The van der Waals surface area contributed by atoms with E-state index in [0.717, 1.165) is 10.4 Å². The number of carbonyl (C=O) groups is 2. The smallest absolute Gasteiger partial charge is 0.303 e. The van der Waals surface area contributed by atoms with Gasteiger partial charge in [0.05, 0.1) is 6.10 Å². The van der Waals surface area contributed by atoms with Gasteiger partial charge in [-0.15, -0.1) is 0 Å². The fourth-order valence-corrected chi connectivity index (χ4v) is 9.22. The van der Waals surface area contributed by atoms with Crippen LogP contribution in [0.4, 0.5) is 0 Å². The molecule has 0 aliphatic carbocycles. The highest BCUT2D eigenvalue weighted by molar-refractivity contribution is 6.99. The average Bonchev–Trinajstić information content (AvgIpc) is 2.74. The molecule has 0 bridgehead atoms. The van der Waals surface area contributed by atoms with Gasteiger partial charge in [0.1, 0.15) is 6.10 Å². The molecule has 0 saturated carbocycles. The molecule has 0 radical (unpaired) electrons. The summed E-state index contributed by atoms with van der Waals surface area (Å²) in [6.07, 6.45) is -2.21. The van der Waals surface area contributed by atoms with Crippen LogP contribution in [0.3, 0.4) is 0 Å². The molecule has 3 rings (SSSR count). The summed E-state index contributed by atoms with van der Waals surface area (Å²) < 4.78 is 24.3. The van der Waals surface area contributed by atoms with Crippen molar-refractivity contribution in [3.63, 3.8) is 0 Å². The van der Waals surface area contributed by atoms with Crippen molar-refractivity contribution in [3.8, 4) is 0 Å². The van der Waals surface area contributed by atoms with Gasteiger partial charge in [-0.2, -0.15) is 0 Å². The standard InChI is InChI=1S/C26H34O6Si/c1-18-25(31-20(3)28)23(30-19(2)27)17-24(29-18)32-33(26(4,5)6,21-13-9-7-10-14-21)22-15-11-8-12-16-22/h7-16,18,23-25H,17H2,1-6H3/t18-,23-,24+,25-/m0/s1. The van der Waals surface area contributed by atoms with Crippen molar-refractivity contribution in [1.82, 2.24) is 0 Å². The molecule has 0 aromatic heterocycles. The summed E-state index contributed by atoms with van der Waals surface area (Å²) in [7, 11) is -2.86. The SMILES string of the molecule is CC(=O)O[C@H]1[C@H](C)O[C@H](O[Si](c2ccccc2)(c2ccccc2)C(C)(C)C)C[C@@H]1OC(C)=O. The molecule has 1 aliphatic rings. The Morgan fingerprint density at radius 2 is 1.36 bits per heavy atom. The first kappa shape index (κ1) is 25.1. The summed E-state index contributed by atoms with van der Waals surface area (Å²) >= 11 is 0. The van der Waals surface area contributed by atoms with Crippen molar-refractivity contribution in [1.29, 1.82) is 0 Å². The van der Waals surface area contributed by atoms with Crippen LogP contribution in [0, 0.1) is 0 Å². The molecule has 33 heavy (non-hydrogen) atoms. The number of ether oxygens (including phenoxy) is 3. The lowest BCUT2D eigenvalue weighted by Gasteiger charge is -2.47. The van der Waals surface area contributed by atoms with Crippen LogP contribution in [-0.4, -0.2) is 44.9 Å². The highest BCUT2D eigenvalue weighted by atomic mass is 28.4. The Balaban J connectivity index is 2.04. The maximum absolute atomic E-state index is 11.8. The van der Waals surface area contributed by atoms with Gasteiger partial charge in [-0.25, -0.2) is 0 Å². The molecule has 0 spiro atoms. The molecular weight excluding hydrogens is 436 g/mol. The van der Waals surface area contributed by atoms with Gasteiger partial charge in [-0.05, 0) is 22.3 Å². The monoisotopic (exact) mass is 470 g/mol. The van der Waals surface area contributed by atoms with Gasteiger partial charge >= 0.3 is 11.9 Å². The van der Waals surface area contributed by atoms with E-state index >= 15 is 0 Å². The third-order valence-corrected chi connectivity index (χ3v) is 11.0. The quantitative estimate of drug-likeness (QED) is 0.475. The van der Waals surface area contributed by atoms with Crippen LogP contribution >= 0.6 is 0 Å². The fraction of sp³-hybridized carbons (Fsp3) is 0.462. The number of rotatable bonds is 6. The first-order valence-corrected chi connectivity index (χ1v) is 13.2. The lowest BCUT2D eigenvalue weighted by atomic mass is 10.0. The van der Waals surface area contributed by atoms with Gasteiger partial charge in [0, 0.05) is 20.3 Å². The zero-order valence-corrected chi connectivity index (χ0v) is 21.2. The van der Waals surface area contributed by atoms with Gasteiger partial charge in [0.25, 0.3) is 8.32 Å². The summed E-state index contributed by atoms with van der Waals surface area (Å²) in [4.78, 5) is 23.5. The van der Waals surface area contributed by atoms with Crippen LogP contribution in [0.1, 0.15) is 48.0 Å². The van der Waals surface area contributed by atoms with Crippen LogP contribution in [0.5, 0.6) is 0 Å². The van der Waals surface area contributed by atoms with E-state index in [9.17, 15) is 9.59 Å². The van der Waals surface area contributed by atoms with Crippen molar-refractivity contribution in [2.24, 2.45) is 0 Å². The van der Waals surface area contributed by atoms with Crippen molar-refractivity contribution in [2.45, 2.75) is 77.6 Å². The molecule has 0 N–H and O–H groups in total.